The van der Waals surface area contributed by atoms with Crippen LogP contribution < -0.4 is 11.5 Å². The van der Waals surface area contributed by atoms with Gasteiger partial charge in [-0.15, -0.1) is 11.8 Å². The molecule has 0 aliphatic heterocycles. The van der Waals surface area contributed by atoms with Gasteiger partial charge in [-0.2, -0.15) is 0 Å². The second kappa shape index (κ2) is 2.85. The van der Waals surface area contributed by atoms with Crippen LogP contribution in [0.15, 0.2) is 17.0 Å². The molecule has 5 heteroatoms. The molecule has 1 heterocycles. The first kappa shape index (κ1) is 8.25. The summed E-state index contributed by atoms with van der Waals surface area (Å²) in [5, 5.41) is 0. The molecule has 5 N–H and O–H groups in total. The Kier molecular flexibility index (Phi) is 1.81. The van der Waals surface area contributed by atoms with Crippen molar-refractivity contribution in [3.63, 3.8) is 0 Å². The Bertz CT molecular complexity index is 449. The predicted molar refractivity (Wildman–Crippen MR) is 56.7 cm³/mol. The molecule has 0 fully saturated rings. The van der Waals surface area contributed by atoms with Gasteiger partial charge in [0.25, 0.3) is 0 Å². The lowest BCUT2D eigenvalue weighted by atomic mass is 10.3. The molecule has 0 aliphatic carbocycles. The fourth-order valence-corrected chi connectivity index (χ4v) is 1.88. The summed E-state index contributed by atoms with van der Waals surface area (Å²) in [6.07, 6.45) is 1.99. The van der Waals surface area contributed by atoms with E-state index in [9.17, 15) is 0 Å². The topological polar surface area (TPSA) is 80.7 Å². The Morgan fingerprint density at radius 3 is 2.85 bits per heavy atom. The van der Waals surface area contributed by atoms with Crippen molar-refractivity contribution in [2.24, 2.45) is 0 Å². The van der Waals surface area contributed by atoms with Gasteiger partial charge in [0.15, 0.2) is 5.95 Å². The molecule has 2 rings (SSSR count). The zero-order chi connectivity index (χ0) is 9.42. The number of imidazole rings is 1. The third-order valence-electron chi connectivity index (χ3n) is 1.81. The van der Waals surface area contributed by atoms with Crippen molar-refractivity contribution in [2.75, 3.05) is 17.7 Å². The number of nitrogen functional groups attached to an aromatic ring is 2. The summed E-state index contributed by atoms with van der Waals surface area (Å²) in [6.45, 7) is 0. The number of nitrogens with zero attached hydrogens (tertiary/aromatic N) is 1. The van der Waals surface area contributed by atoms with Gasteiger partial charge in [0.1, 0.15) is 5.52 Å². The average molecular weight is 194 g/mol. The Morgan fingerprint density at radius 1 is 1.38 bits per heavy atom. The summed E-state index contributed by atoms with van der Waals surface area (Å²) < 4.78 is 0. The molecule has 0 unspecified atom stereocenters. The monoisotopic (exact) mass is 194 g/mol. The Labute approximate surface area is 79.7 Å². The van der Waals surface area contributed by atoms with Gasteiger partial charge in [0.05, 0.1) is 5.52 Å². The SMILES string of the molecule is CSc1cc(N)cc2[nH]c(N)nc12. The zero-order valence-electron chi connectivity index (χ0n) is 7.16. The van der Waals surface area contributed by atoms with E-state index in [0.29, 0.717) is 5.95 Å². The maximum Gasteiger partial charge on any atom is 0.198 e. The molecule has 68 valence electrons. The molecule has 0 amide bonds. The summed E-state index contributed by atoms with van der Waals surface area (Å²) in [5.41, 5.74) is 13.8. The Morgan fingerprint density at radius 2 is 2.15 bits per heavy atom. The largest absolute Gasteiger partial charge is 0.399 e. The molecule has 1 aromatic carbocycles. The number of rotatable bonds is 1. The van der Waals surface area contributed by atoms with Gasteiger partial charge in [-0.25, -0.2) is 4.98 Å². The van der Waals surface area contributed by atoms with Crippen LogP contribution in [-0.2, 0) is 0 Å². The molecule has 13 heavy (non-hydrogen) atoms. The summed E-state index contributed by atoms with van der Waals surface area (Å²) in [4.78, 5) is 8.16. The molecule has 0 saturated carbocycles. The van der Waals surface area contributed by atoms with Crippen LogP contribution in [0.5, 0.6) is 0 Å². The van der Waals surface area contributed by atoms with Gasteiger partial charge in [0, 0.05) is 10.6 Å². The number of nitrogens with two attached hydrogens (primary N) is 2. The van der Waals surface area contributed by atoms with Crippen molar-refractivity contribution in [2.45, 2.75) is 4.90 Å². The van der Waals surface area contributed by atoms with E-state index < -0.39 is 0 Å². The van der Waals surface area contributed by atoms with Gasteiger partial charge < -0.3 is 16.5 Å². The van der Waals surface area contributed by atoms with Gasteiger partial charge in [0.2, 0.25) is 0 Å². The second-order valence-electron chi connectivity index (χ2n) is 2.74. The van der Waals surface area contributed by atoms with Crippen LogP contribution in [0, 0.1) is 0 Å². The van der Waals surface area contributed by atoms with E-state index in [1.807, 2.05) is 18.4 Å². The predicted octanol–water partition coefficient (Wildman–Crippen LogP) is 1.45. The van der Waals surface area contributed by atoms with Crippen LogP contribution in [0.3, 0.4) is 0 Å². The highest BCUT2D eigenvalue weighted by Crippen LogP contribution is 2.27. The molecule has 0 radical (unpaired) electrons. The molecule has 0 saturated heterocycles. The van der Waals surface area contributed by atoms with Crippen LogP contribution >= 0.6 is 11.8 Å². The summed E-state index contributed by atoms with van der Waals surface area (Å²) in [6, 6.07) is 3.73. The van der Waals surface area contributed by atoms with E-state index in [2.05, 4.69) is 9.97 Å². The molecule has 0 spiro atoms. The number of anilines is 2. The molecule has 0 bridgehead atoms. The molecule has 0 atom stereocenters. The highest BCUT2D eigenvalue weighted by molar-refractivity contribution is 7.98. The number of aromatic amines is 1. The zero-order valence-corrected chi connectivity index (χ0v) is 7.98. The normalized spacial score (nSPS) is 10.8. The number of hydrogen-bond donors (Lipinski definition) is 3. The molecule has 4 nitrogen and oxygen atoms in total. The maximum atomic E-state index is 5.71. The fourth-order valence-electron chi connectivity index (χ4n) is 1.28. The van der Waals surface area contributed by atoms with E-state index in [4.69, 9.17) is 11.5 Å². The standard InChI is InChI=1S/C8H10N4S/c1-13-6-3-4(9)2-5-7(6)12-8(10)11-5/h2-3H,9H2,1H3,(H3,10,11,12). The number of fused-ring (bicyclic) bond motifs is 1. The Balaban J connectivity index is 2.80. The van der Waals surface area contributed by atoms with E-state index in [1.54, 1.807) is 11.8 Å². The first-order valence-corrected chi connectivity index (χ1v) is 5.02. The van der Waals surface area contributed by atoms with E-state index in [1.165, 1.54) is 0 Å². The van der Waals surface area contributed by atoms with Crippen molar-refractivity contribution in [3.8, 4) is 0 Å². The number of hydrogen-bond acceptors (Lipinski definition) is 4. The van der Waals surface area contributed by atoms with Crippen LogP contribution in [0.25, 0.3) is 11.0 Å². The molecule has 2 aromatic rings. The summed E-state index contributed by atoms with van der Waals surface area (Å²) in [5.74, 6) is 0.427. The van der Waals surface area contributed by atoms with Gasteiger partial charge >= 0.3 is 0 Å². The number of aromatic nitrogens is 2. The fraction of sp³-hybridized carbons (Fsp3) is 0.125. The molecular weight excluding hydrogens is 184 g/mol. The van der Waals surface area contributed by atoms with Crippen molar-refractivity contribution >= 4 is 34.4 Å². The third-order valence-corrected chi connectivity index (χ3v) is 2.56. The van der Waals surface area contributed by atoms with Crippen molar-refractivity contribution < 1.29 is 0 Å². The van der Waals surface area contributed by atoms with Gasteiger partial charge in [-0.05, 0) is 18.4 Å². The number of benzene rings is 1. The second-order valence-corrected chi connectivity index (χ2v) is 3.59. The lowest BCUT2D eigenvalue weighted by molar-refractivity contribution is 1.34. The quantitative estimate of drug-likeness (QED) is 0.474. The van der Waals surface area contributed by atoms with E-state index >= 15 is 0 Å². The van der Waals surface area contributed by atoms with Crippen molar-refractivity contribution in [1.82, 2.24) is 9.97 Å². The summed E-state index contributed by atoms with van der Waals surface area (Å²) >= 11 is 1.61. The Hall–Kier alpha value is -1.36. The van der Waals surface area contributed by atoms with Gasteiger partial charge in [-0.3, -0.25) is 0 Å². The number of nitrogens with one attached hydrogen (secondary N) is 1. The summed E-state index contributed by atoms with van der Waals surface area (Å²) in [7, 11) is 0. The molecule has 0 aliphatic rings. The highest BCUT2D eigenvalue weighted by atomic mass is 32.2. The highest BCUT2D eigenvalue weighted by Gasteiger charge is 2.05. The number of H-pyrrole nitrogens is 1. The van der Waals surface area contributed by atoms with E-state index in [-0.39, 0.29) is 0 Å². The first-order chi connectivity index (χ1) is 6.20. The molecular formula is C8H10N4S. The van der Waals surface area contributed by atoms with E-state index in [0.717, 1.165) is 21.6 Å². The maximum absolute atomic E-state index is 5.71. The first-order valence-electron chi connectivity index (χ1n) is 3.79. The van der Waals surface area contributed by atoms with Crippen LogP contribution in [0.2, 0.25) is 0 Å². The molecule has 1 aromatic heterocycles. The van der Waals surface area contributed by atoms with Crippen LogP contribution in [-0.4, -0.2) is 16.2 Å². The minimum absolute atomic E-state index is 0.427. The van der Waals surface area contributed by atoms with Crippen molar-refractivity contribution in [3.05, 3.63) is 12.1 Å². The lowest BCUT2D eigenvalue weighted by Crippen LogP contribution is -1.85. The minimum atomic E-state index is 0.427. The van der Waals surface area contributed by atoms with Crippen LogP contribution in [0.1, 0.15) is 0 Å². The average Bonchev–Trinajstić information content (AvgIpc) is 2.43. The minimum Gasteiger partial charge on any atom is -0.399 e. The smallest absolute Gasteiger partial charge is 0.198 e. The third kappa shape index (κ3) is 1.31. The van der Waals surface area contributed by atoms with Crippen LogP contribution in [0.4, 0.5) is 11.6 Å². The lowest BCUT2D eigenvalue weighted by Gasteiger charge is -1.98. The van der Waals surface area contributed by atoms with Crippen molar-refractivity contribution in [1.29, 1.82) is 0 Å². The van der Waals surface area contributed by atoms with Gasteiger partial charge in [-0.1, -0.05) is 0 Å². The number of thioether (sulfide) groups is 1.